The Bertz CT molecular complexity index is 661. The number of amides is 1. The first-order chi connectivity index (χ1) is 10.6. The van der Waals surface area contributed by atoms with E-state index in [2.05, 4.69) is 10.3 Å². The lowest BCUT2D eigenvalue weighted by Crippen LogP contribution is -2.43. The number of pyridine rings is 1. The number of rotatable bonds is 5. The van der Waals surface area contributed by atoms with Gasteiger partial charge in [0.15, 0.2) is 0 Å². The first kappa shape index (κ1) is 16.0. The lowest BCUT2D eigenvalue weighted by molar-refractivity contribution is -0.142. The maximum absolute atomic E-state index is 12.1. The van der Waals surface area contributed by atoms with E-state index in [9.17, 15) is 9.59 Å². The SMILES string of the molecule is COC(=O)[C@H](Cc1cccc(Cl)c1)NC(=O)c1ccccn1. The lowest BCUT2D eigenvalue weighted by Gasteiger charge is -2.16. The van der Waals surface area contributed by atoms with Crippen LogP contribution in [0.25, 0.3) is 0 Å². The van der Waals surface area contributed by atoms with Crippen molar-refractivity contribution in [3.05, 3.63) is 64.9 Å². The third-order valence-electron chi connectivity index (χ3n) is 3.02. The molecule has 2 aromatic rings. The number of hydrogen-bond acceptors (Lipinski definition) is 4. The third kappa shape index (κ3) is 4.30. The van der Waals surface area contributed by atoms with E-state index in [0.717, 1.165) is 5.56 Å². The number of esters is 1. The van der Waals surface area contributed by atoms with Crippen molar-refractivity contribution in [2.75, 3.05) is 7.11 Å². The summed E-state index contributed by atoms with van der Waals surface area (Å²) in [7, 11) is 1.28. The van der Waals surface area contributed by atoms with Gasteiger partial charge in [-0.3, -0.25) is 9.78 Å². The summed E-state index contributed by atoms with van der Waals surface area (Å²) in [4.78, 5) is 28.0. The first-order valence-electron chi connectivity index (χ1n) is 6.64. The van der Waals surface area contributed by atoms with Gasteiger partial charge in [0.05, 0.1) is 7.11 Å². The molecule has 5 nitrogen and oxygen atoms in total. The smallest absolute Gasteiger partial charge is 0.328 e. The average molecular weight is 319 g/mol. The molecule has 0 saturated heterocycles. The zero-order chi connectivity index (χ0) is 15.9. The first-order valence-corrected chi connectivity index (χ1v) is 7.02. The second-order valence-corrected chi connectivity index (χ2v) is 5.03. The Balaban J connectivity index is 2.13. The number of nitrogens with one attached hydrogen (secondary N) is 1. The van der Waals surface area contributed by atoms with Crippen molar-refractivity contribution in [1.82, 2.24) is 10.3 Å². The fourth-order valence-corrected chi connectivity index (χ4v) is 2.18. The normalized spacial score (nSPS) is 11.5. The van der Waals surface area contributed by atoms with Crippen LogP contribution in [0.2, 0.25) is 5.02 Å². The molecule has 1 aromatic carbocycles. The van der Waals surface area contributed by atoms with Gasteiger partial charge in [-0.15, -0.1) is 0 Å². The summed E-state index contributed by atoms with van der Waals surface area (Å²) in [6.45, 7) is 0. The molecule has 0 unspecified atom stereocenters. The summed E-state index contributed by atoms with van der Waals surface area (Å²) in [6, 6.07) is 11.3. The predicted molar refractivity (Wildman–Crippen MR) is 82.7 cm³/mol. The number of halogens is 1. The number of carbonyl (C=O) groups is 2. The molecule has 1 atom stereocenters. The van der Waals surface area contributed by atoms with Crippen LogP contribution < -0.4 is 5.32 Å². The molecule has 0 fully saturated rings. The fraction of sp³-hybridized carbons (Fsp3) is 0.188. The molecule has 0 bridgehead atoms. The highest BCUT2D eigenvalue weighted by molar-refractivity contribution is 6.30. The zero-order valence-corrected chi connectivity index (χ0v) is 12.7. The van der Waals surface area contributed by atoms with E-state index in [-0.39, 0.29) is 12.1 Å². The minimum atomic E-state index is -0.807. The molecule has 1 heterocycles. The number of aromatic nitrogens is 1. The van der Waals surface area contributed by atoms with Crippen LogP contribution in [0.4, 0.5) is 0 Å². The van der Waals surface area contributed by atoms with Gasteiger partial charge in [-0.2, -0.15) is 0 Å². The van der Waals surface area contributed by atoms with E-state index in [0.29, 0.717) is 5.02 Å². The fourth-order valence-electron chi connectivity index (χ4n) is 1.96. The van der Waals surface area contributed by atoms with Crippen LogP contribution in [-0.2, 0) is 16.0 Å². The second-order valence-electron chi connectivity index (χ2n) is 4.60. The van der Waals surface area contributed by atoms with Crippen molar-refractivity contribution < 1.29 is 14.3 Å². The monoisotopic (exact) mass is 318 g/mol. The van der Waals surface area contributed by atoms with Crippen molar-refractivity contribution in [3.63, 3.8) is 0 Å². The third-order valence-corrected chi connectivity index (χ3v) is 3.25. The number of carbonyl (C=O) groups excluding carboxylic acids is 2. The van der Waals surface area contributed by atoms with Gasteiger partial charge in [0.25, 0.3) is 5.91 Å². The standard InChI is InChI=1S/C16H15ClN2O3/c1-22-16(21)14(10-11-5-4-6-12(17)9-11)19-15(20)13-7-2-3-8-18-13/h2-9,14H,10H2,1H3,(H,19,20)/t14-/m0/s1. The molecule has 6 heteroatoms. The summed E-state index contributed by atoms with van der Waals surface area (Å²) >= 11 is 5.93. The molecule has 0 aliphatic rings. The topological polar surface area (TPSA) is 68.3 Å². The second kappa shape index (κ2) is 7.56. The Kier molecular flexibility index (Phi) is 5.49. The van der Waals surface area contributed by atoms with Crippen LogP contribution in [0, 0.1) is 0 Å². The Morgan fingerprint density at radius 2 is 2.09 bits per heavy atom. The van der Waals surface area contributed by atoms with Crippen LogP contribution in [0.1, 0.15) is 16.1 Å². The van der Waals surface area contributed by atoms with Crippen LogP contribution in [0.5, 0.6) is 0 Å². The van der Waals surface area contributed by atoms with E-state index in [1.807, 2.05) is 6.07 Å². The Morgan fingerprint density at radius 1 is 1.27 bits per heavy atom. The molecule has 0 radical (unpaired) electrons. The summed E-state index contributed by atoms with van der Waals surface area (Å²) in [5, 5.41) is 3.20. The van der Waals surface area contributed by atoms with Crippen LogP contribution in [0.3, 0.4) is 0 Å². The number of ether oxygens (including phenoxy) is 1. The quantitative estimate of drug-likeness (QED) is 0.859. The van der Waals surface area contributed by atoms with Gasteiger partial charge in [0.1, 0.15) is 11.7 Å². The molecule has 0 aliphatic heterocycles. The highest BCUT2D eigenvalue weighted by Gasteiger charge is 2.23. The molecule has 0 saturated carbocycles. The van der Waals surface area contributed by atoms with Crippen molar-refractivity contribution >= 4 is 23.5 Å². The lowest BCUT2D eigenvalue weighted by atomic mass is 10.1. The Hall–Kier alpha value is -2.40. The summed E-state index contributed by atoms with van der Waals surface area (Å²) < 4.78 is 4.74. The average Bonchev–Trinajstić information content (AvgIpc) is 2.54. The van der Waals surface area contributed by atoms with Crippen molar-refractivity contribution in [1.29, 1.82) is 0 Å². The molecule has 0 aliphatic carbocycles. The summed E-state index contributed by atoms with van der Waals surface area (Å²) in [5.41, 5.74) is 1.06. The van der Waals surface area contributed by atoms with Crippen molar-refractivity contribution in [3.8, 4) is 0 Å². The van der Waals surface area contributed by atoms with E-state index in [4.69, 9.17) is 16.3 Å². The minimum Gasteiger partial charge on any atom is -0.467 e. The molecule has 1 aromatic heterocycles. The maximum Gasteiger partial charge on any atom is 0.328 e. The van der Waals surface area contributed by atoms with Gasteiger partial charge in [-0.05, 0) is 29.8 Å². The molecule has 114 valence electrons. The van der Waals surface area contributed by atoms with Gasteiger partial charge in [-0.25, -0.2) is 4.79 Å². The number of methoxy groups -OCH3 is 1. The number of hydrogen-bond donors (Lipinski definition) is 1. The Morgan fingerprint density at radius 3 is 2.73 bits per heavy atom. The van der Waals surface area contributed by atoms with Crippen LogP contribution in [-0.4, -0.2) is 30.0 Å². The molecule has 22 heavy (non-hydrogen) atoms. The largest absolute Gasteiger partial charge is 0.467 e. The van der Waals surface area contributed by atoms with Gasteiger partial charge in [0.2, 0.25) is 0 Å². The highest BCUT2D eigenvalue weighted by atomic mass is 35.5. The predicted octanol–water partition coefficient (Wildman–Crippen LogP) is 2.25. The van der Waals surface area contributed by atoms with Gasteiger partial charge >= 0.3 is 5.97 Å². The van der Waals surface area contributed by atoms with Gasteiger partial charge in [0, 0.05) is 17.6 Å². The molecular weight excluding hydrogens is 304 g/mol. The van der Waals surface area contributed by atoms with Gasteiger partial charge in [-0.1, -0.05) is 29.8 Å². The number of benzene rings is 1. The van der Waals surface area contributed by atoms with Crippen LogP contribution in [0.15, 0.2) is 48.7 Å². The molecule has 1 N–H and O–H groups in total. The highest BCUT2D eigenvalue weighted by Crippen LogP contribution is 2.13. The maximum atomic E-state index is 12.1. The van der Waals surface area contributed by atoms with E-state index < -0.39 is 17.9 Å². The van der Waals surface area contributed by atoms with Gasteiger partial charge < -0.3 is 10.1 Å². The van der Waals surface area contributed by atoms with E-state index >= 15 is 0 Å². The van der Waals surface area contributed by atoms with Crippen LogP contribution >= 0.6 is 11.6 Å². The number of nitrogens with zero attached hydrogens (tertiary/aromatic N) is 1. The van der Waals surface area contributed by atoms with E-state index in [1.165, 1.54) is 13.3 Å². The summed E-state index contributed by atoms with van der Waals surface area (Å²) in [6.07, 6.45) is 1.80. The van der Waals surface area contributed by atoms with E-state index in [1.54, 1.807) is 36.4 Å². The molecule has 1 amide bonds. The minimum absolute atomic E-state index is 0.238. The molecular formula is C16H15ClN2O3. The summed E-state index contributed by atoms with van der Waals surface area (Å²) in [5.74, 6) is -0.956. The van der Waals surface area contributed by atoms with Crippen molar-refractivity contribution in [2.45, 2.75) is 12.5 Å². The Labute approximate surface area is 133 Å². The molecule has 0 spiro atoms. The molecule has 2 rings (SSSR count). The zero-order valence-electron chi connectivity index (χ0n) is 12.0. The van der Waals surface area contributed by atoms with Crippen molar-refractivity contribution in [2.24, 2.45) is 0 Å².